The lowest BCUT2D eigenvalue weighted by Crippen LogP contribution is -2.50. The van der Waals surface area contributed by atoms with Gasteiger partial charge in [-0.05, 0) is 26.2 Å². The van der Waals surface area contributed by atoms with E-state index in [4.69, 9.17) is 10.1 Å². The molecule has 1 aliphatic heterocycles. The lowest BCUT2D eigenvalue weighted by Gasteiger charge is -2.48. The highest BCUT2D eigenvalue weighted by Crippen LogP contribution is 2.44. The summed E-state index contributed by atoms with van der Waals surface area (Å²) in [6.07, 6.45) is 2.59. The summed E-state index contributed by atoms with van der Waals surface area (Å²) in [7, 11) is 0. The van der Waals surface area contributed by atoms with Gasteiger partial charge in [-0.3, -0.25) is 0 Å². The summed E-state index contributed by atoms with van der Waals surface area (Å²) >= 11 is 0. The van der Waals surface area contributed by atoms with Crippen LogP contribution in [0.15, 0.2) is 0 Å². The number of aliphatic hydroxyl groups excluding tert-OH is 1. The Hall–Kier alpha value is -0.410. The molecule has 3 heteroatoms. The molecule has 0 aromatic heterocycles. The third kappa shape index (κ3) is 1.51. The average Bonchev–Trinajstić information content (AvgIpc) is 2.00. The molecule has 2 aliphatic rings. The number of hydrogen-bond donors (Lipinski definition) is 2. The van der Waals surface area contributed by atoms with E-state index in [-0.39, 0.29) is 17.4 Å². The second kappa shape index (κ2) is 3.07. The zero-order valence-electron chi connectivity index (χ0n) is 8.05. The van der Waals surface area contributed by atoms with E-state index < -0.39 is 0 Å². The summed E-state index contributed by atoms with van der Waals surface area (Å²) < 4.78 is 5.19. The Balaban J connectivity index is 1.99. The van der Waals surface area contributed by atoms with Crippen molar-refractivity contribution in [3.05, 3.63) is 0 Å². The van der Waals surface area contributed by atoms with Crippen LogP contribution in [0.1, 0.15) is 26.2 Å². The molecular weight excluding hydrogens is 166 g/mol. The first-order valence-electron chi connectivity index (χ1n) is 4.94. The van der Waals surface area contributed by atoms with Gasteiger partial charge in [0, 0.05) is 17.0 Å². The first kappa shape index (κ1) is 9.16. The van der Waals surface area contributed by atoms with Crippen molar-refractivity contribution in [3.63, 3.8) is 0 Å². The van der Waals surface area contributed by atoms with E-state index in [1.165, 1.54) is 0 Å². The maximum atomic E-state index is 9.84. The molecule has 0 radical (unpaired) electrons. The largest absolute Gasteiger partial charge is 0.392 e. The molecule has 1 saturated carbocycles. The Kier molecular flexibility index (Phi) is 2.16. The van der Waals surface area contributed by atoms with Gasteiger partial charge in [-0.2, -0.15) is 0 Å². The highest BCUT2D eigenvalue weighted by molar-refractivity contribution is 5.81. The van der Waals surface area contributed by atoms with Gasteiger partial charge in [-0.15, -0.1) is 0 Å². The van der Waals surface area contributed by atoms with Crippen molar-refractivity contribution < 1.29 is 9.84 Å². The van der Waals surface area contributed by atoms with Crippen molar-refractivity contribution in [2.24, 2.45) is 11.3 Å². The summed E-state index contributed by atoms with van der Waals surface area (Å²) in [5.74, 6) is 0.103. The van der Waals surface area contributed by atoms with Crippen LogP contribution >= 0.6 is 0 Å². The van der Waals surface area contributed by atoms with Gasteiger partial charge >= 0.3 is 0 Å². The molecular formula is C10H17NO2. The summed E-state index contributed by atoms with van der Waals surface area (Å²) in [6, 6.07) is 0. The molecule has 3 nitrogen and oxygen atoms in total. The van der Waals surface area contributed by atoms with Crippen LogP contribution in [0.5, 0.6) is 0 Å². The van der Waals surface area contributed by atoms with E-state index in [9.17, 15) is 5.11 Å². The molecule has 1 aliphatic carbocycles. The number of ether oxygens (including phenoxy) is 1. The normalized spacial score (nSPS) is 37.1. The smallest absolute Gasteiger partial charge is 0.0627 e. The van der Waals surface area contributed by atoms with Crippen LogP contribution in [0.3, 0.4) is 0 Å². The van der Waals surface area contributed by atoms with E-state index in [1.807, 2.05) is 0 Å². The molecule has 1 saturated heterocycles. The molecule has 2 fully saturated rings. The minimum Gasteiger partial charge on any atom is -0.392 e. The van der Waals surface area contributed by atoms with Gasteiger partial charge in [0.2, 0.25) is 0 Å². The van der Waals surface area contributed by atoms with Crippen LogP contribution in [0.25, 0.3) is 0 Å². The predicted octanol–water partition coefficient (Wildman–Crippen LogP) is 1.20. The van der Waals surface area contributed by atoms with Crippen molar-refractivity contribution in [1.29, 1.82) is 5.41 Å². The molecule has 0 aromatic carbocycles. The first-order valence-corrected chi connectivity index (χ1v) is 4.94. The molecule has 2 rings (SSSR count). The van der Waals surface area contributed by atoms with Gasteiger partial charge in [0.25, 0.3) is 0 Å². The van der Waals surface area contributed by atoms with Crippen LogP contribution in [-0.4, -0.2) is 30.1 Å². The van der Waals surface area contributed by atoms with E-state index in [2.05, 4.69) is 0 Å². The lowest BCUT2D eigenvalue weighted by molar-refractivity contribution is -0.155. The Morgan fingerprint density at radius 2 is 2.23 bits per heavy atom. The van der Waals surface area contributed by atoms with Crippen molar-refractivity contribution in [3.8, 4) is 0 Å². The molecule has 1 spiro atoms. The highest BCUT2D eigenvalue weighted by atomic mass is 16.5. The fourth-order valence-electron chi connectivity index (χ4n) is 2.50. The average molecular weight is 183 g/mol. The third-order valence-corrected chi connectivity index (χ3v) is 3.46. The summed E-state index contributed by atoms with van der Waals surface area (Å²) in [4.78, 5) is 0. The number of nitrogens with one attached hydrogen (secondary N) is 1. The van der Waals surface area contributed by atoms with E-state index in [1.54, 1.807) is 6.92 Å². The maximum Gasteiger partial charge on any atom is 0.0627 e. The summed E-state index contributed by atoms with van der Waals surface area (Å²) in [6.45, 7) is 3.42. The van der Waals surface area contributed by atoms with Crippen molar-refractivity contribution in [1.82, 2.24) is 0 Å². The van der Waals surface area contributed by atoms with E-state index in [0.29, 0.717) is 5.71 Å². The second-order valence-corrected chi connectivity index (χ2v) is 4.59. The second-order valence-electron chi connectivity index (χ2n) is 4.59. The molecule has 13 heavy (non-hydrogen) atoms. The van der Waals surface area contributed by atoms with Gasteiger partial charge < -0.3 is 15.3 Å². The Morgan fingerprint density at radius 3 is 2.62 bits per heavy atom. The van der Waals surface area contributed by atoms with Gasteiger partial charge in [-0.25, -0.2) is 0 Å². The van der Waals surface area contributed by atoms with E-state index >= 15 is 0 Å². The fraction of sp³-hybridized carbons (Fsp3) is 0.900. The number of hydrogen-bond acceptors (Lipinski definition) is 3. The monoisotopic (exact) mass is 183 g/mol. The van der Waals surface area contributed by atoms with Crippen molar-refractivity contribution in [2.75, 3.05) is 13.2 Å². The Bertz CT molecular complexity index is 223. The van der Waals surface area contributed by atoms with Crippen LogP contribution in [-0.2, 0) is 4.74 Å². The minimum absolute atomic E-state index is 0.103. The standard InChI is InChI=1S/C10H17NO2/c1-7(11)8-2-3-10(4-9(8)12)5-13-6-10/h8-9,11-12H,2-6H2,1H3/t8-,9-/m0/s1. The quantitative estimate of drug-likeness (QED) is 0.600. The molecule has 0 aromatic rings. The van der Waals surface area contributed by atoms with Gasteiger partial charge in [-0.1, -0.05) is 0 Å². The number of rotatable bonds is 1. The molecule has 0 bridgehead atoms. The molecule has 0 unspecified atom stereocenters. The molecule has 1 heterocycles. The molecule has 2 N–H and O–H groups in total. The fourth-order valence-corrected chi connectivity index (χ4v) is 2.50. The Morgan fingerprint density at radius 1 is 1.54 bits per heavy atom. The summed E-state index contributed by atoms with van der Waals surface area (Å²) in [5.41, 5.74) is 0.897. The van der Waals surface area contributed by atoms with Gasteiger partial charge in [0.15, 0.2) is 0 Å². The zero-order valence-corrected chi connectivity index (χ0v) is 8.05. The highest BCUT2D eigenvalue weighted by Gasteiger charge is 2.45. The minimum atomic E-state index is -0.310. The molecule has 74 valence electrons. The maximum absolute atomic E-state index is 9.84. The van der Waals surface area contributed by atoms with E-state index in [0.717, 1.165) is 32.5 Å². The SMILES string of the molecule is CC(=N)[C@@H]1CCC2(COC2)C[C@@H]1O. The zero-order chi connectivity index (χ0) is 9.47. The first-order chi connectivity index (χ1) is 6.13. The van der Waals surface area contributed by atoms with Gasteiger partial charge in [0.1, 0.15) is 0 Å². The third-order valence-electron chi connectivity index (χ3n) is 3.46. The van der Waals surface area contributed by atoms with Crippen LogP contribution in [0.2, 0.25) is 0 Å². The molecule has 2 atom stereocenters. The lowest BCUT2D eigenvalue weighted by atomic mass is 9.67. The topological polar surface area (TPSA) is 53.3 Å². The summed E-state index contributed by atoms with van der Waals surface area (Å²) in [5, 5.41) is 17.4. The van der Waals surface area contributed by atoms with Crippen molar-refractivity contribution in [2.45, 2.75) is 32.3 Å². The van der Waals surface area contributed by atoms with Crippen LogP contribution in [0.4, 0.5) is 0 Å². The Labute approximate surface area is 78.6 Å². The van der Waals surface area contributed by atoms with Gasteiger partial charge in [0.05, 0.1) is 19.3 Å². The number of aliphatic hydroxyl groups is 1. The van der Waals surface area contributed by atoms with Crippen LogP contribution in [0, 0.1) is 16.7 Å². The van der Waals surface area contributed by atoms with Crippen molar-refractivity contribution >= 4 is 5.71 Å². The molecule has 0 amide bonds. The predicted molar refractivity (Wildman–Crippen MR) is 50.0 cm³/mol. The van der Waals surface area contributed by atoms with Crippen LogP contribution < -0.4 is 0 Å².